The highest BCUT2D eigenvalue weighted by Crippen LogP contribution is 2.26. The number of carbonyl (C=O) groups excluding carboxylic acids is 1. The number of nitrogens with one attached hydrogen (secondary N) is 1. The molecule has 0 unspecified atom stereocenters. The molecule has 30 heavy (non-hydrogen) atoms. The molecule has 4 rings (SSSR count). The number of sulfonamides is 1. The van der Waals surface area contributed by atoms with Crippen LogP contribution in [0.1, 0.15) is 12.8 Å². The summed E-state index contributed by atoms with van der Waals surface area (Å²) in [5, 5.41) is 18.6. The third-order valence-electron chi connectivity index (χ3n) is 5.06. The smallest absolute Gasteiger partial charge is 0.238 e. The predicted octanol–water partition coefficient (Wildman–Crippen LogP) is 2.71. The number of thiophene rings is 1. The first kappa shape index (κ1) is 20.5. The number of benzene rings is 1. The van der Waals surface area contributed by atoms with E-state index in [-0.39, 0.29) is 16.7 Å². The minimum atomic E-state index is -3.75. The van der Waals surface area contributed by atoms with E-state index < -0.39 is 10.0 Å². The summed E-state index contributed by atoms with van der Waals surface area (Å²) in [6.07, 6.45) is 1.41. The summed E-state index contributed by atoms with van der Waals surface area (Å²) in [5.74, 6) is 0.627. The van der Waals surface area contributed by atoms with Crippen LogP contribution in [-0.4, -0.2) is 37.6 Å². The minimum Gasteiger partial charge on any atom is -0.355 e. The van der Waals surface area contributed by atoms with Crippen LogP contribution in [0.3, 0.4) is 0 Å². The summed E-state index contributed by atoms with van der Waals surface area (Å²) in [7, 11) is -3.75. The Morgan fingerprint density at radius 1 is 1.07 bits per heavy atom. The average molecular weight is 444 g/mol. The van der Waals surface area contributed by atoms with Crippen LogP contribution < -0.4 is 15.4 Å². The zero-order valence-electron chi connectivity index (χ0n) is 16.1. The molecule has 0 radical (unpaired) electrons. The van der Waals surface area contributed by atoms with Gasteiger partial charge in [0.1, 0.15) is 5.69 Å². The van der Waals surface area contributed by atoms with E-state index in [2.05, 4.69) is 20.4 Å². The lowest BCUT2D eigenvalue weighted by Crippen LogP contribution is -2.38. The first-order chi connectivity index (χ1) is 14.4. The van der Waals surface area contributed by atoms with E-state index in [1.165, 1.54) is 24.3 Å². The molecule has 3 heterocycles. The number of hydrogen-bond acceptors (Lipinski definition) is 7. The fraction of sp³-hybridized carbons (Fsp3) is 0.250. The number of hydrogen-bond donors (Lipinski definition) is 2. The summed E-state index contributed by atoms with van der Waals surface area (Å²) in [6.45, 7) is 1.44. The number of nitrogens with two attached hydrogens (primary N) is 1. The number of piperidine rings is 1. The van der Waals surface area contributed by atoms with Crippen molar-refractivity contribution in [2.24, 2.45) is 11.1 Å². The number of amides is 1. The second kappa shape index (κ2) is 8.50. The molecule has 10 heteroatoms. The van der Waals surface area contributed by atoms with Gasteiger partial charge in [-0.05, 0) is 60.7 Å². The number of rotatable bonds is 5. The van der Waals surface area contributed by atoms with Gasteiger partial charge in [0.25, 0.3) is 0 Å². The van der Waals surface area contributed by atoms with Crippen molar-refractivity contribution in [2.45, 2.75) is 17.7 Å². The first-order valence-electron chi connectivity index (χ1n) is 9.46. The molecule has 3 N–H and O–H groups in total. The topological polar surface area (TPSA) is 118 Å². The number of anilines is 2. The second-order valence-corrected chi connectivity index (χ2v) is 9.58. The van der Waals surface area contributed by atoms with Gasteiger partial charge in [-0.15, -0.1) is 21.5 Å². The Bertz CT molecular complexity index is 1110. The molecule has 0 saturated carbocycles. The molecule has 1 saturated heterocycles. The Balaban J connectivity index is 1.32. The van der Waals surface area contributed by atoms with E-state index in [1.54, 1.807) is 11.3 Å². The Kier molecular flexibility index (Phi) is 5.80. The van der Waals surface area contributed by atoms with E-state index in [0.717, 1.165) is 29.5 Å². The van der Waals surface area contributed by atoms with Crippen LogP contribution in [0.25, 0.3) is 10.6 Å². The van der Waals surface area contributed by atoms with Crippen LogP contribution in [0, 0.1) is 5.92 Å². The number of carbonyl (C=O) groups is 1. The molecule has 1 aromatic carbocycles. The zero-order valence-corrected chi connectivity index (χ0v) is 17.7. The Labute approximate surface area is 178 Å². The summed E-state index contributed by atoms with van der Waals surface area (Å²) in [5.41, 5.74) is 1.40. The Morgan fingerprint density at radius 2 is 1.80 bits per heavy atom. The molecule has 0 aliphatic carbocycles. The largest absolute Gasteiger partial charge is 0.355 e. The van der Waals surface area contributed by atoms with E-state index in [0.29, 0.717) is 18.5 Å². The molecule has 0 bridgehead atoms. The van der Waals surface area contributed by atoms with Crippen LogP contribution in [0.4, 0.5) is 11.5 Å². The Morgan fingerprint density at radius 3 is 2.37 bits per heavy atom. The lowest BCUT2D eigenvalue weighted by atomic mass is 9.96. The number of primary sulfonamides is 1. The van der Waals surface area contributed by atoms with Crippen molar-refractivity contribution >= 4 is 38.8 Å². The van der Waals surface area contributed by atoms with Crippen molar-refractivity contribution in [3.05, 3.63) is 53.9 Å². The standard InChI is InChI=1S/C20H21N5O3S2/c21-30(27,28)16-5-3-15(4-6-16)22-20(26)14-9-11-25(12-10-14)19-8-7-17(23-24-19)18-2-1-13-29-18/h1-8,13-14H,9-12H2,(H,22,26)(H2,21,27,28). The summed E-state index contributed by atoms with van der Waals surface area (Å²) in [4.78, 5) is 15.8. The molecule has 1 aliphatic rings. The van der Waals surface area contributed by atoms with Gasteiger partial charge >= 0.3 is 0 Å². The molecule has 0 spiro atoms. The average Bonchev–Trinajstić information content (AvgIpc) is 3.29. The van der Waals surface area contributed by atoms with Gasteiger partial charge in [-0.25, -0.2) is 13.6 Å². The molecule has 3 aromatic rings. The molecular formula is C20H21N5O3S2. The summed E-state index contributed by atoms with van der Waals surface area (Å²) in [6, 6.07) is 13.8. The van der Waals surface area contributed by atoms with E-state index in [4.69, 9.17) is 5.14 Å². The van der Waals surface area contributed by atoms with Crippen LogP contribution in [0.15, 0.2) is 58.8 Å². The molecule has 8 nitrogen and oxygen atoms in total. The van der Waals surface area contributed by atoms with Crippen molar-refractivity contribution < 1.29 is 13.2 Å². The van der Waals surface area contributed by atoms with Gasteiger partial charge in [-0.2, -0.15) is 0 Å². The fourth-order valence-electron chi connectivity index (χ4n) is 3.39. The van der Waals surface area contributed by atoms with Crippen LogP contribution in [0.5, 0.6) is 0 Å². The lowest BCUT2D eigenvalue weighted by Gasteiger charge is -2.31. The van der Waals surface area contributed by atoms with Crippen molar-refractivity contribution in [3.63, 3.8) is 0 Å². The van der Waals surface area contributed by atoms with Gasteiger partial charge < -0.3 is 10.2 Å². The maximum absolute atomic E-state index is 12.6. The van der Waals surface area contributed by atoms with Gasteiger partial charge in [0.05, 0.1) is 9.77 Å². The maximum atomic E-state index is 12.6. The lowest BCUT2D eigenvalue weighted by molar-refractivity contribution is -0.120. The van der Waals surface area contributed by atoms with Crippen LogP contribution in [0.2, 0.25) is 0 Å². The molecule has 1 aliphatic heterocycles. The van der Waals surface area contributed by atoms with E-state index in [9.17, 15) is 13.2 Å². The van der Waals surface area contributed by atoms with Gasteiger partial charge in [0.15, 0.2) is 5.82 Å². The summed E-state index contributed by atoms with van der Waals surface area (Å²) < 4.78 is 22.6. The molecule has 0 atom stereocenters. The SMILES string of the molecule is NS(=O)(=O)c1ccc(NC(=O)C2CCN(c3ccc(-c4cccs4)nn3)CC2)cc1. The zero-order chi connectivity index (χ0) is 21.1. The van der Waals surface area contributed by atoms with Crippen molar-refractivity contribution in [3.8, 4) is 10.6 Å². The van der Waals surface area contributed by atoms with Crippen LogP contribution >= 0.6 is 11.3 Å². The quantitative estimate of drug-likeness (QED) is 0.626. The highest BCUT2D eigenvalue weighted by atomic mass is 32.2. The maximum Gasteiger partial charge on any atom is 0.238 e. The normalized spacial score (nSPS) is 15.2. The van der Waals surface area contributed by atoms with Gasteiger partial charge in [0.2, 0.25) is 15.9 Å². The van der Waals surface area contributed by atoms with Gasteiger partial charge in [-0.3, -0.25) is 4.79 Å². The summed E-state index contributed by atoms with van der Waals surface area (Å²) >= 11 is 1.63. The molecule has 1 fully saturated rings. The Hall–Kier alpha value is -2.82. The highest BCUT2D eigenvalue weighted by Gasteiger charge is 2.26. The first-order valence-corrected chi connectivity index (χ1v) is 11.9. The van der Waals surface area contributed by atoms with Gasteiger partial charge in [-0.1, -0.05) is 6.07 Å². The monoisotopic (exact) mass is 443 g/mol. The van der Waals surface area contributed by atoms with Crippen molar-refractivity contribution in [2.75, 3.05) is 23.3 Å². The number of aromatic nitrogens is 2. The molecule has 1 amide bonds. The highest BCUT2D eigenvalue weighted by molar-refractivity contribution is 7.89. The van der Waals surface area contributed by atoms with Crippen molar-refractivity contribution in [1.82, 2.24) is 10.2 Å². The molecular weight excluding hydrogens is 422 g/mol. The third-order valence-corrected chi connectivity index (χ3v) is 6.89. The molecule has 2 aromatic heterocycles. The molecule has 156 valence electrons. The second-order valence-electron chi connectivity index (χ2n) is 7.07. The minimum absolute atomic E-state index is 0.0139. The predicted molar refractivity (Wildman–Crippen MR) is 117 cm³/mol. The van der Waals surface area contributed by atoms with E-state index >= 15 is 0 Å². The third kappa shape index (κ3) is 4.66. The number of nitrogens with zero attached hydrogens (tertiary/aromatic N) is 3. The van der Waals surface area contributed by atoms with E-state index in [1.807, 2.05) is 29.6 Å². The van der Waals surface area contributed by atoms with Gasteiger partial charge in [0, 0.05) is 24.7 Å². The fourth-order valence-corrected chi connectivity index (χ4v) is 4.60. The van der Waals surface area contributed by atoms with Crippen molar-refractivity contribution in [1.29, 1.82) is 0 Å². The van der Waals surface area contributed by atoms with Crippen LogP contribution in [-0.2, 0) is 14.8 Å².